The average Bonchev–Trinajstić information content (AvgIpc) is 3.01. The molecule has 1 N–H and O–H groups in total. The molecule has 0 bridgehead atoms. The quantitative estimate of drug-likeness (QED) is 0.279. The van der Waals surface area contributed by atoms with Crippen molar-refractivity contribution in [3.8, 4) is 5.75 Å². The molecule has 3 aromatic carbocycles. The van der Waals surface area contributed by atoms with Gasteiger partial charge in [0.1, 0.15) is 18.3 Å². The number of hydrogen-bond acceptors (Lipinski definition) is 5. The molecular weight excluding hydrogens is 574 g/mol. The van der Waals surface area contributed by atoms with Crippen LogP contribution in [0.4, 0.5) is 5.69 Å². The standard InChI is InChI=1S/C32H38ClN3O5S/c1-3-28(32(38)34-26-12-6-4-7-13-26)35(22-24-18-20-25(33)21-19-24)31(37)23-36(29-16-10-11-17-30(29)41-2)42(39,40)27-14-8-5-9-15-27/h5,8-11,14-21,26,28H,3-4,6-7,12-13,22-23H2,1-2H3,(H,34,38)/t28-/m0/s1. The van der Waals surface area contributed by atoms with Crippen LogP contribution in [-0.2, 0) is 26.2 Å². The van der Waals surface area contributed by atoms with Crippen LogP contribution in [0.1, 0.15) is 51.0 Å². The highest BCUT2D eigenvalue weighted by Gasteiger charge is 2.35. The summed E-state index contributed by atoms with van der Waals surface area (Å²) < 4.78 is 34.5. The molecule has 2 amide bonds. The first-order chi connectivity index (χ1) is 20.2. The Morgan fingerprint density at radius 3 is 2.24 bits per heavy atom. The Labute approximate surface area is 253 Å². The molecule has 1 fully saturated rings. The second kappa shape index (κ2) is 14.6. The van der Waals surface area contributed by atoms with Gasteiger partial charge in [-0.15, -0.1) is 0 Å². The highest BCUT2D eigenvalue weighted by atomic mass is 35.5. The minimum absolute atomic E-state index is 0.0371. The van der Waals surface area contributed by atoms with Crippen molar-refractivity contribution < 1.29 is 22.7 Å². The van der Waals surface area contributed by atoms with Gasteiger partial charge in [-0.2, -0.15) is 0 Å². The SMILES string of the molecule is CC[C@@H](C(=O)NC1CCCCC1)N(Cc1ccc(Cl)cc1)C(=O)CN(c1ccccc1OC)S(=O)(=O)c1ccccc1. The second-order valence-corrected chi connectivity index (χ2v) is 12.7. The van der Waals surface area contributed by atoms with Gasteiger partial charge in [-0.3, -0.25) is 13.9 Å². The summed E-state index contributed by atoms with van der Waals surface area (Å²) in [5, 5.41) is 3.70. The predicted octanol–water partition coefficient (Wildman–Crippen LogP) is 5.80. The molecule has 0 radical (unpaired) electrons. The Bertz CT molecular complexity index is 1440. The molecule has 0 spiro atoms. The monoisotopic (exact) mass is 611 g/mol. The average molecular weight is 612 g/mol. The lowest BCUT2D eigenvalue weighted by Gasteiger charge is -2.34. The van der Waals surface area contributed by atoms with Gasteiger partial charge in [-0.1, -0.05) is 80.3 Å². The molecule has 3 aromatic rings. The van der Waals surface area contributed by atoms with Crippen LogP contribution in [0.5, 0.6) is 5.75 Å². The van der Waals surface area contributed by atoms with Gasteiger partial charge >= 0.3 is 0 Å². The van der Waals surface area contributed by atoms with E-state index in [2.05, 4.69) is 5.32 Å². The summed E-state index contributed by atoms with van der Waals surface area (Å²) in [6, 6.07) is 20.9. The minimum atomic E-state index is -4.18. The van der Waals surface area contributed by atoms with Crippen molar-refractivity contribution in [1.29, 1.82) is 0 Å². The summed E-state index contributed by atoms with van der Waals surface area (Å²) in [7, 11) is -2.73. The summed E-state index contributed by atoms with van der Waals surface area (Å²) in [5.74, 6) is -0.446. The van der Waals surface area contributed by atoms with E-state index < -0.39 is 28.5 Å². The van der Waals surface area contributed by atoms with Crippen LogP contribution in [0.2, 0.25) is 5.02 Å². The first kappa shape index (κ1) is 31.4. The highest BCUT2D eigenvalue weighted by Crippen LogP contribution is 2.32. The maximum atomic E-state index is 14.2. The number of nitrogens with one attached hydrogen (secondary N) is 1. The fourth-order valence-electron chi connectivity index (χ4n) is 5.32. The lowest BCUT2D eigenvalue weighted by molar-refractivity contribution is -0.140. The zero-order valence-corrected chi connectivity index (χ0v) is 25.6. The summed E-state index contributed by atoms with van der Waals surface area (Å²) in [5.41, 5.74) is 0.995. The van der Waals surface area contributed by atoms with E-state index in [0.717, 1.165) is 42.0 Å². The van der Waals surface area contributed by atoms with Gasteiger partial charge in [-0.25, -0.2) is 8.42 Å². The van der Waals surface area contributed by atoms with Gasteiger partial charge in [0.05, 0.1) is 17.7 Å². The number of rotatable bonds is 12. The van der Waals surface area contributed by atoms with E-state index in [1.807, 2.05) is 6.92 Å². The van der Waals surface area contributed by atoms with E-state index in [1.54, 1.807) is 66.7 Å². The molecule has 4 rings (SSSR count). The third-order valence-electron chi connectivity index (χ3n) is 7.57. The van der Waals surface area contributed by atoms with Crippen LogP contribution in [0, 0.1) is 0 Å². The number of carbonyl (C=O) groups excluding carboxylic acids is 2. The van der Waals surface area contributed by atoms with Crippen LogP contribution in [-0.4, -0.2) is 50.9 Å². The van der Waals surface area contributed by atoms with Gasteiger partial charge in [0.25, 0.3) is 10.0 Å². The van der Waals surface area contributed by atoms with E-state index in [4.69, 9.17) is 16.3 Å². The summed E-state index contributed by atoms with van der Waals surface area (Å²) in [4.78, 5) is 29.4. The molecule has 0 aromatic heterocycles. The van der Waals surface area contributed by atoms with Crippen LogP contribution >= 0.6 is 11.6 Å². The zero-order valence-electron chi connectivity index (χ0n) is 24.0. The Morgan fingerprint density at radius 1 is 0.952 bits per heavy atom. The summed E-state index contributed by atoms with van der Waals surface area (Å²) >= 11 is 6.10. The number of sulfonamides is 1. The lowest BCUT2D eigenvalue weighted by Crippen LogP contribution is -2.54. The van der Waals surface area contributed by atoms with Gasteiger partial charge in [0.2, 0.25) is 11.8 Å². The first-order valence-electron chi connectivity index (χ1n) is 14.3. The van der Waals surface area contributed by atoms with Crippen molar-refractivity contribution in [2.24, 2.45) is 0 Å². The molecule has 1 aliphatic carbocycles. The summed E-state index contributed by atoms with van der Waals surface area (Å²) in [6.07, 6.45) is 5.44. The molecule has 0 saturated heterocycles. The Kier molecular flexibility index (Phi) is 10.9. The zero-order chi connectivity index (χ0) is 30.1. The van der Waals surface area contributed by atoms with Gasteiger partial charge in [-0.05, 0) is 61.2 Å². The lowest BCUT2D eigenvalue weighted by atomic mass is 9.95. The van der Waals surface area contributed by atoms with Crippen molar-refractivity contribution in [2.75, 3.05) is 18.0 Å². The van der Waals surface area contributed by atoms with Crippen molar-refractivity contribution >= 4 is 39.1 Å². The van der Waals surface area contributed by atoms with Crippen LogP contribution in [0.15, 0.2) is 83.8 Å². The van der Waals surface area contributed by atoms with E-state index in [1.165, 1.54) is 24.1 Å². The number of para-hydroxylation sites is 2. The number of hydrogen-bond donors (Lipinski definition) is 1. The molecule has 0 unspecified atom stereocenters. The van der Waals surface area contributed by atoms with E-state index in [-0.39, 0.29) is 29.1 Å². The minimum Gasteiger partial charge on any atom is -0.495 e. The van der Waals surface area contributed by atoms with Crippen molar-refractivity contribution in [2.45, 2.75) is 69.0 Å². The van der Waals surface area contributed by atoms with Gasteiger partial charge < -0.3 is 15.0 Å². The maximum absolute atomic E-state index is 14.2. The Hall–Kier alpha value is -3.56. The molecule has 0 aliphatic heterocycles. The largest absolute Gasteiger partial charge is 0.495 e. The molecule has 1 saturated carbocycles. The molecule has 1 atom stereocenters. The second-order valence-electron chi connectivity index (χ2n) is 10.4. The Balaban J connectivity index is 1.72. The molecule has 0 heterocycles. The molecule has 224 valence electrons. The smallest absolute Gasteiger partial charge is 0.264 e. The highest BCUT2D eigenvalue weighted by molar-refractivity contribution is 7.92. The van der Waals surface area contributed by atoms with E-state index >= 15 is 0 Å². The number of halogens is 1. The van der Waals surface area contributed by atoms with Gasteiger partial charge in [0, 0.05) is 17.6 Å². The van der Waals surface area contributed by atoms with Crippen molar-refractivity contribution in [3.63, 3.8) is 0 Å². The fourth-order valence-corrected chi connectivity index (χ4v) is 6.89. The van der Waals surface area contributed by atoms with Crippen molar-refractivity contribution in [1.82, 2.24) is 10.2 Å². The molecule has 8 nitrogen and oxygen atoms in total. The number of benzene rings is 3. The van der Waals surface area contributed by atoms with Gasteiger partial charge in [0.15, 0.2) is 0 Å². The predicted molar refractivity (Wildman–Crippen MR) is 165 cm³/mol. The van der Waals surface area contributed by atoms with Crippen LogP contribution in [0.3, 0.4) is 0 Å². The number of methoxy groups -OCH3 is 1. The maximum Gasteiger partial charge on any atom is 0.264 e. The number of nitrogens with zero attached hydrogens (tertiary/aromatic N) is 2. The third-order valence-corrected chi connectivity index (χ3v) is 9.59. The first-order valence-corrected chi connectivity index (χ1v) is 16.1. The van der Waals surface area contributed by atoms with Crippen molar-refractivity contribution in [3.05, 3.63) is 89.4 Å². The molecular formula is C32H38ClN3O5S. The number of ether oxygens (including phenoxy) is 1. The molecule has 10 heteroatoms. The normalized spacial score (nSPS) is 14.5. The number of anilines is 1. The third kappa shape index (κ3) is 7.63. The topological polar surface area (TPSA) is 96.0 Å². The van der Waals surface area contributed by atoms with E-state index in [9.17, 15) is 18.0 Å². The summed E-state index contributed by atoms with van der Waals surface area (Å²) in [6.45, 7) is 1.43. The molecule has 42 heavy (non-hydrogen) atoms. The van der Waals surface area contributed by atoms with E-state index in [0.29, 0.717) is 17.2 Å². The Morgan fingerprint density at radius 2 is 1.60 bits per heavy atom. The number of carbonyl (C=O) groups is 2. The van der Waals surface area contributed by atoms with Crippen LogP contribution < -0.4 is 14.4 Å². The van der Waals surface area contributed by atoms with Crippen LogP contribution in [0.25, 0.3) is 0 Å². The fraction of sp³-hybridized carbons (Fsp3) is 0.375. The number of amides is 2. The molecule has 1 aliphatic rings.